The lowest BCUT2D eigenvalue weighted by Crippen LogP contribution is -2.37. The van der Waals surface area contributed by atoms with Crippen LogP contribution in [0.25, 0.3) is 5.57 Å². The molecule has 1 N–H and O–H groups in total. The molecule has 1 aliphatic heterocycles. The SMILES string of the molecule is C=C/C=C\C/C=C/C(c1ccccc1)(c1ccccc1)c1ccc(/C(=C2/C=CC(C(c3ccccc3)(c3ccccc3)c3ccccc3)=N2)c2c(C)cc(C)cc2C)[nH]1. The summed E-state index contributed by atoms with van der Waals surface area (Å²) in [5, 5.41) is 0. The first kappa shape index (κ1) is 38.8. The van der Waals surface area contributed by atoms with Crippen molar-refractivity contribution in [3.8, 4) is 0 Å². The Kier molecular flexibility index (Phi) is 11.3. The van der Waals surface area contributed by atoms with Crippen LogP contribution in [-0.4, -0.2) is 10.7 Å². The molecule has 0 spiro atoms. The van der Waals surface area contributed by atoms with Crippen LogP contribution < -0.4 is 0 Å². The van der Waals surface area contributed by atoms with Crippen molar-refractivity contribution in [2.75, 3.05) is 0 Å². The fourth-order valence-corrected chi connectivity index (χ4v) is 9.12. The minimum atomic E-state index is -0.661. The number of aryl methyl sites for hydroxylation is 3. The highest BCUT2D eigenvalue weighted by Gasteiger charge is 2.42. The van der Waals surface area contributed by atoms with Gasteiger partial charge in [0, 0.05) is 17.0 Å². The molecule has 0 amide bonds. The number of aromatic amines is 1. The number of nitrogens with zero attached hydrogens (tertiary/aromatic N) is 1. The molecule has 8 rings (SSSR count). The molecule has 59 heavy (non-hydrogen) atoms. The molecule has 0 saturated heterocycles. The molecule has 2 heteroatoms. The van der Waals surface area contributed by atoms with Gasteiger partial charge in [0.25, 0.3) is 0 Å². The van der Waals surface area contributed by atoms with Gasteiger partial charge in [0.2, 0.25) is 0 Å². The number of H-pyrrole nitrogens is 1. The molecule has 0 aliphatic carbocycles. The highest BCUT2D eigenvalue weighted by Crippen LogP contribution is 2.46. The molecule has 0 atom stereocenters. The minimum Gasteiger partial charge on any atom is -0.357 e. The molecular weight excluding hydrogens is 713 g/mol. The van der Waals surface area contributed by atoms with Crippen LogP contribution in [0.4, 0.5) is 0 Å². The zero-order valence-electron chi connectivity index (χ0n) is 34.1. The van der Waals surface area contributed by atoms with Crippen LogP contribution >= 0.6 is 0 Å². The summed E-state index contributed by atoms with van der Waals surface area (Å²) in [5.41, 5.74) is 14.5. The third-order valence-corrected chi connectivity index (χ3v) is 11.6. The number of benzene rings is 6. The largest absolute Gasteiger partial charge is 0.357 e. The van der Waals surface area contributed by atoms with Gasteiger partial charge in [0.1, 0.15) is 0 Å². The Labute approximate surface area is 350 Å². The molecule has 7 aromatic rings. The fourth-order valence-electron chi connectivity index (χ4n) is 9.12. The first-order valence-corrected chi connectivity index (χ1v) is 20.5. The summed E-state index contributed by atoms with van der Waals surface area (Å²) in [5.74, 6) is 0. The second-order valence-corrected chi connectivity index (χ2v) is 15.3. The van der Waals surface area contributed by atoms with Crippen LogP contribution in [0.1, 0.15) is 67.9 Å². The van der Waals surface area contributed by atoms with Gasteiger partial charge in [0.15, 0.2) is 0 Å². The Hall–Kier alpha value is -7.03. The Balaban J connectivity index is 1.40. The maximum absolute atomic E-state index is 5.75. The predicted molar refractivity (Wildman–Crippen MR) is 249 cm³/mol. The number of hydrogen-bond donors (Lipinski definition) is 1. The van der Waals surface area contributed by atoms with Crippen LogP contribution in [0.2, 0.25) is 0 Å². The van der Waals surface area contributed by atoms with E-state index in [4.69, 9.17) is 4.99 Å². The third kappa shape index (κ3) is 7.35. The fraction of sp³-hybridized carbons (Fsp3) is 0.105. The smallest absolute Gasteiger partial charge is 0.0874 e. The molecule has 288 valence electrons. The van der Waals surface area contributed by atoms with E-state index in [1.807, 2.05) is 12.2 Å². The van der Waals surface area contributed by atoms with Crippen molar-refractivity contribution in [2.45, 2.75) is 38.0 Å². The van der Waals surface area contributed by atoms with Crippen LogP contribution in [0.15, 0.2) is 236 Å². The number of hydrogen-bond acceptors (Lipinski definition) is 1. The van der Waals surface area contributed by atoms with Crippen molar-refractivity contribution in [1.82, 2.24) is 4.98 Å². The third-order valence-electron chi connectivity index (χ3n) is 11.6. The second kappa shape index (κ2) is 17.2. The van der Waals surface area contributed by atoms with E-state index in [1.54, 1.807) is 0 Å². The summed E-state index contributed by atoms with van der Waals surface area (Å²) in [7, 11) is 0. The van der Waals surface area contributed by atoms with E-state index >= 15 is 0 Å². The number of aliphatic imine (C=N–C) groups is 1. The van der Waals surface area contributed by atoms with Gasteiger partial charge in [-0.25, -0.2) is 0 Å². The summed E-state index contributed by atoms with van der Waals surface area (Å²) in [6, 6.07) is 63.2. The molecule has 6 aromatic carbocycles. The van der Waals surface area contributed by atoms with E-state index in [1.165, 1.54) is 50.1 Å². The number of aromatic nitrogens is 1. The topological polar surface area (TPSA) is 28.1 Å². The van der Waals surface area contributed by atoms with Gasteiger partial charge >= 0.3 is 0 Å². The predicted octanol–water partition coefficient (Wildman–Crippen LogP) is 13.8. The summed E-state index contributed by atoms with van der Waals surface area (Å²) in [4.78, 5) is 9.80. The maximum atomic E-state index is 5.75. The molecule has 0 unspecified atom stereocenters. The lowest BCUT2D eigenvalue weighted by atomic mass is 9.66. The first-order valence-electron chi connectivity index (χ1n) is 20.5. The molecular formula is C57H50N2. The van der Waals surface area contributed by atoms with Gasteiger partial charge < -0.3 is 4.98 Å². The average molecular weight is 763 g/mol. The van der Waals surface area contributed by atoms with E-state index in [9.17, 15) is 0 Å². The van der Waals surface area contributed by atoms with Crippen molar-refractivity contribution in [3.05, 3.63) is 292 Å². The molecule has 0 fully saturated rings. The molecule has 0 saturated carbocycles. The van der Waals surface area contributed by atoms with Crippen molar-refractivity contribution in [2.24, 2.45) is 4.99 Å². The zero-order valence-corrected chi connectivity index (χ0v) is 34.1. The molecule has 1 aliphatic rings. The molecule has 0 bridgehead atoms. The quantitative estimate of drug-likeness (QED) is 0.0688. The van der Waals surface area contributed by atoms with E-state index in [-0.39, 0.29) is 0 Å². The van der Waals surface area contributed by atoms with Gasteiger partial charge in [-0.1, -0.05) is 206 Å². The Bertz CT molecular complexity index is 2530. The van der Waals surface area contributed by atoms with Crippen LogP contribution in [0, 0.1) is 20.8 Å². The van der Waals surface area contributed by atoms with Crippen molar-refractivity contribution in [1.29, 1.82) is 0 Å². The molecule has 2 heterocycles. The monoisotopic (exact) mass is 762 g/mol. The van der Waals surface area contributed by atoms with Gasteiger partial charge in [-0.3, -0.25) is 4.99 Å². The number of rotatable bonds is 13. The van der Waals surface area contributed by atoms with Gasteiger partial charge in [-0.15, -0.1) is 0 Å². The second-order valence-electron chi connectivity index (χ2n) is 15.3. The van der Waals surface area contributed by atoms with Crippen molar-refractivity contribution < 1.29 is 0 Å². The Morgan fingerprint density at radius 2 is 1.05 bits per heavy atom. The van der Waals surface area contributed by atoms with Crippen LogP contribution in [0.5, 0.6) is 0 Å². The number of nitrogens with one attached hydrogen (secondary N) is 1. The van der Waals surface area contributed by atoms with Crippen molar-refractivity contribution >= 4 is 11.3 Å². The lowest BCUT2D eigenvalue weighted by molar-refractivity contribution is 0.747. The standard InChI is InChI=1S/C57H50N2/c1-5-6-7-8-24-39-56(45-25-14-9-15-26-45,46-27-16-10-17-28-46)52-37-35-50(58-52)55(54-43(3)40-42(2)41-44(54)4)51-36-38-53(59-51)57(47-29-18-11-19-30-47,48-31-20-12-21-32-48)49-33-22-13-23-34-49/h5-7,9-41,58H,1,8H2,2-4H3/b7-6-,39-24+,55-51+. The van der Waals surface area contributed by atoms with Crippen LogP contribution in [-0.2, 0) is 10.8 Å². The van der Waals surface area contributed by atoms with Gasteiger partial charge in [0.05, 0.1) is 22.2 Å². The van der Waals surface area contributed by atoms with Crippen LogP contribution in [0.3, 0.4) is 0 Å². The Morgan fingerprint density at radius 1 is 0.576 bits per heavy atom. The molecule has 1 aromatic heterocycles. The summed E-state index contributed by atoms with van der Waals surface area (Å²) < 4.78 is 0. The zero-order chi connectivity index (χ0) is 40.7. The normalized spacial score (nSPS) is 13.9. The van der Waals surface area contributed by atoms with E-state index < -0.39 is 10.8 Å². The number of allylic oxidation sites excluding steroid dienone is 7. The summed E-state index contributed by atoms with van der Waals surface area (Å²) >= 11 is 0. The highest BCUT2D eigenvalue weighted by molar-refractivity contribution is 6.12. The van der Waals surface area contributed by atoms with E-state index in [2.05, 4.69) is 239 Å². The van der Waals surface area contributed by atoms with Gasteiger partial charge in [-0.05, 0) is 96.0 Å². The van der Waals surface area contributed by atoms with Gasteiger partial charge in [-0.2, -0.15) is 0 Å². The van der Waals surface area contributed by atoms with E-state index in [0.717, 1.165) is 34.8 Å². The first-order chi connectivity index (χ1) is 29.0. The highest BCUT2D eigenvalue weighted by atomic mass is 14.8. The minimum absolute atomic E-state index is 0.598. The molecule has 2 nitrogen and oxygen atoms in total. The Morgan fingerprint density at radius 3 is 1.53 bits per heavy atom. The summed E-state index contributed by atoms with van der Waals surface area (Å²) in [6.45, 7) is 10.5. The average Bonchev–Trinajstić information content (AvgIpc) is 3.97. The van der Waals surface area contributed by atoms with Crippen molar-refractivity contribution in [3.63, 3.8) is 0 Å². The maximum Gasteiger partial charge on any atom is 0.0874 e. The summed E-state index contributed by atoms with van der Waals surface area (Å²) in [6.07, 6.45) is 15.8. The van der Waals surface area contributed by atoms with E-state index in [0.29, 0.717) is 0 Å². The molecule has 0 radical (unpaired) electrons. The lowest BCUT2D eigenvalue weighted by Gasteiger charge is -2.35.